The average Bonchev–Trinajstić information content (AvgIpc) is 3.11. The molecule has 134 valence electrons. The second-order valence-electron chi connectivity index (χ2n) is 6.04. The van der Waals surface area contributed by atoms with Gasteiger partial charge in [0, 0.05) is 23.6 Å². The maximum Gasteiger partial charge on any atom is 0.273 e. The van der Waals surface area contributed by atoms with Crippen LogP contribution in [0.15, 0.2) is 59.9 Å². The summed E-state index contributed by atoms with van der Waals surface area (Å²) < 4.78 is 6.08. The molecule has 3 heterocycles. The van der Waals surface area contributed by atoms with Gasteiger partial charge < -0.3 is 5.32 Å². The highest BCUT2D eigenvalue weighted by molar-refractivity contribution is 7.13. The number of pyridine rings is 1. The van der Waals surface area contributed by atoms with Crippen molar-refractivity contribution in [3.05, 3.63) is 71.0 Å². The molecule has 0 unspecified atom stereocenters. The third kappa shape index (κ3) is 3.47. The minimum atomic E-state index is -0.291. The van der Waals surface area contributed by atoms with Crippen LogP contribution < -0.4 is 10.9 Å². The summed E-state index contributed by atoms with van der Waals surface area (Å²) >= 11 is 1.08. The number of amides is 1. The number of carbonyl (C=O) groups is 1. The minimum absolute atomic E-state index is 0.113. The van der Waals surface area contributed by atoms with E-state index in [9.17, 15) is 9.59 Å². The van der Waals surface area contributed by atoms with Crippen molar-refractivity contribution in [3.8, 4) is 11.3 Å². The second kappa shape index (κ2) is 7.08. The molecule has 0 atom stereocenters. The fourth-order valence-electron chi connectivity index (χ4n) is 2.66. The molecule has 0 bridgehead atoms. The number of aromatic nitrogens is 4. The van der Waals surface area contributed by atoms with Crippen molar-refractivity contribution in [2.45, 2.75) is 13.5 Å². The van der Waals surface area contributed by atoms with Gasteiger partial charge in [-0.25, -0.2) is 4.98 Å². The van der Waals surface area contributed by atoms with Crippen molar-refractivity contribution >= 4 is 33.3 Å². The second-order valence-corrected chi connectivity index (χ2v) is 6.81. The van der Waals surface area contributed by atoms with Crippen LogP contribution in [0.3, 0.4) is 0 Å². The van der Waals surface area contributed by atoms with Gasteiger partial charge in [0.1, 0.15) is 22.5 Å². The van der Waals surface area contributed by atoms with E-state index in [1.165, 1.54) is 10.9 Å². The molecule has 0 aliphatic rings. The van der Waals surface area contributed by atoms with E-state index in [-0.39, 0.29) is 18.0 Å². The maximum absolute atomic E-state index is 12.7. The van der Waals surface area contributed by atoms with Crippen LogP contribution in [0.1, 0.15) is 5.56 Å². The van der Waals surface area contributed by atoms with Crippen LogP contribution in [0.2, 0.25) is 0 Å². The summed E-state index contributed by atoms with van der Waals surface area (Å²) in [6, 6.07) is 11.1. The van der Waals surface area contributed by atoms with E-state index >= 15 is 0 Å². The van der Waals surface area contributed by atoms with Gasteiger partial charge in [0.15, 0.2) is 0 Å². The zero-order chi connectivity index (χ0) is 18.8. The number of benzene rings is 1. The van der Waals surface area contributed by atoms with E-state index < -0.39 is 0 Å². The molecule has 1 aromatic carbocycles. The molecule has 0 saturated carbocycles. The Bertz CT molecular complexity index is 1170. The fraction of sp³-hybridized carbons (Fsp3) is 0.105. The zero-order valence-corrected chi connectivity index (χ0v) is 15.2. The largest absolute Gasteiger partial charge is 0.325 e. The Labute approximate surface area is 158 Å². The summed E-state index contributed by atoms with van der Waals surface area (Å²) in [5.41, 5.74) is 3.53. The minimum Gasteiger partial charge on any atom is -0.325 e. The molecule has 0 spiro atoms. The first-order valence-corrected chi connectivity index (χ1v) is 9.01. The molecule has 4 aromatic rings. The molecule has 0 fully saturated rings. The standard InChI is InChI=1S/C19H15N5O2S/c1-12-2-4-14(5-3-12)22-15(25)10-24-11-21-17-16(13-6-8-20-9-7-13)23-27-18(17)19(24)26/h2-9,11H,10H2,1H3,(H,22,25). The van der Waals surface area contributed by atoms with Crippen LogP contribution in [0.5, 0.6) is 0 Å². The highest BCUT2D eigenvalue weighted by Gasteiger charge is 2.15. The van der Waals surface area contributed by atoms with E-state index in [0.29, 0.717) is 21.6 Å². The lowest BCUT2D eigenvalue weighted by molar-refractivity contribution is -0.116. The normalized spacial score (nSPS) is 10.9. The van der Waals surface area contributed by atoms with Crippen LogP contribution in [-0.2, 0) is 11.3 Å². The fourth-order valence-corrected chi connectivity index (χ4v) is 3.47. The number of carbonyl (C=O) groups excluding carboxylic acids is 1. The monoisotopic (exact) mass is 377 g/mol. The predicted molar refractivity (Wildman–Crippen MR) is 105 cm³/mol. The Balaban J connectivity index is 1.60. The Morgan fingerprint density at radius 3 is 2.63 bits per heavy atom. The molecule has 8 heteroatoms. The molecule has 0 radical (unpaired) electrons. The Morgan fingerprint density at radius 1 is 1.15 bits per heavy atom. The molecular weight excluding hydrogens is 362 g/mol. The third-order valence-corrected chi connectivity index (χ3v) is 4.88. The van der Waals surface area contributed by atoms with Gasteiger partial charge in [-0.2, -0.15) is 4.37 Å². The van der Waals surface area contributed by atoms with Crippen molar-refractivity contribution in [1.29, 1.82) is 0 Å². The van der Waals surface area contributed by atoms with Crippen LogP contribution in [0.25, 0.3) is 21.5 Å². The van der Waals surface area contributed by atoms with E-state index in [0.717, 1.165) is 22.7 Å². The third-order valence-electron chi connectivity index (χ3n) is 4.05. The van der Waals surface area contributed by atoms with Gasteiger partial charge in [-0.3, -0.25) is 19.1 Å². The molecule has 3 aromatic heterocycles. The summed E-state index contributed by atoms with van der Waals surface area (Å²) in [4.78, 5) is 33.3. The summed E-state index contributed by atoms with van der Waals surface area (Å²) in [6.07, 6.45) is 4.72. The van der Waals surface area contributed by atoms with E-state index in [1.54, 1.807) is 12.4 Å². The van der Waals surface area contributed by atoms with Crippen LogP contribution in [0, 0.1) is 6.92 Å². The number of hydrogen-bond donors (Lipinski definition) is 1. The molecule has 27 heavy (non-hydrogen) atoms. The lowest BCUT2D eigenvalue weighted by atomic mass is 10.2. The Kier molecular flexibility index (Phi) is 4.47. The van der Waals surface area contributed by atoms with E-state index in [2.05, 4.69) is 19.7 Å². The summed E-state index contributed by atoms with van der Waals surface area (Å²) in [6.45, 7) is 1.86. The van der Waals surface area contributed by atoms with E-state index in [1.807, 2.05) is 43.3 Å². The number of hydrogen-bond acceptors (Lipinski definition) is 6. The number of nitrogens with zero attached hydrogens (tertiary/aromatic N) is 4. The van der Waals surface area contributed by atoms with E-state index in [4.69, 9.17) is 0 Å². The van der Waals surface area contributed by atoms with Crippen molar-refractivity contribution in [1.82, 2.24) is 18.9 Å². The number of aryl methyl sites for hydroxylation is 1. The highest BCUT2D eigenvalue weighted by Crippen LogP contribution is 2.26. The first-order valence-electron chi connectivity index (χ1n) is 8.23. The van der Waals surface area contributed by atoms with Gasteiger partial charge in [0.05, 0.1) is 6.33 Å². The lowest BCUT2D eigenvalue weighted by Crippen LogP contribution is -2.27. The van der Waals surface area contributed by atoms with Crippen molar-refractivity contribution in [3.63, 3.8) is 0 Å². The Morgan fingerprint density at radius 2 is 1.89 bits per heavy atom. The Hall–Kier alpha value is -3.39. The SMILES string of the molecule is Cc1ccc(NC(=O)Cn2cnc3c(-c4ccncc4)nsc3c2=O)cc1. The number of anilines is 1. The molecule has 1 N–H and O–H groups in total. The van der Waals surface area contributed by atoms with Crippen LogP contribution >= 0.6 is 11.5 Å². The predicted octanol–water partition coefficient (Wildman–Crippen LogP) is 2.86. The van der Waals surface area contributed by atoms with Gasteiger partial charge in [0.25, 0.3) is 5.56 Å². The smallest absolute Gasteiger partial charge is 0.273 e. The molecular formula is C19H15N5O2S. The zero-order valence-electron chi connectivity index (χ0n) is 14.4. The van der Waals surface area contributed by atoms with Crippen molar-refractivity contribution in [2.75, 3.05) is 5.32 Å². The van der Waals surface area contributed by atoms with Gasteiger partial charge in [-0.15, -0.1) is 0 Å². The summed E-state index contributed by atoms with van der Waals surface area (Å²) in [7, 11) is 0. The molecule has 1 amide bonds. The number of fused-ring (bicyclic) bond motifs is 1. The maximum atomic E-state index is 12.7. The molecule has 0 aliphatic heterocycles. The number of rotatable bonds is 4. The average molecular weight is 377 g/mol. The van der Waals surface area contributed by atoms with Crippen molar-refractivity contribution in [2.24, 2.45) is 0 Å². The quantitative estimate of drug-likeness (QED) is 0.591. The lowest BCUT2D eigenvalue weighted by Gasteiger charge is -2.07. The first-order chi connectivity index (χ1) is 13.1. The number of nitrogens with one attached hydrogen (secondary N) is 1. The molecule has 0 saturated heterocycles. The summed E-state index contributed by atoms with van der Waals surface area (Å²) in [5.74, 6) is -0.291. The molecule has 7 nitrogen and oxygen atoms in total. The molecule has 0 aliphatic carbocycles. The topological polar surface area (TPSA) is 89.8 Å². The van der Waals surface area contributed by atoms with Crippen LogP contribution in [0.4, 0.5) is 5.69 Å². The van der Waals surface area contributed by atoms with Gasteiger partial charge in [-0.05, 0) is 42.7 Å². The first kappa shape index (κ1) is 17.0. The van der Waals surface area contributed by atoms with Gasteiger partial charge in [-0.1, -0.05) is 17.7 Å². The highest BCUT2D eigenvalue weighted by atomic mass is 32.1. The summed E-state index contributed by atoms with van der Waals surface area (Å²) in [5, 5.41) is 2.78. The van der Waals surface area contributed by atoms with Crippen molar-refractivity contribution < 1.29 is 4.79 Å². The molecule has 4 rings (SSSR count). The van der Waals surface area contributed by atoms with Crippen LogP contribution in [-0.4, -0.2) is 24.8 Å². The van der Waals surface area contributed by atoms with Gasteiger partial charge >= 0.3 is 0 Å². The van der Waals surface area contributed by atoms with Gasteiger partial charge in [0.2, 0.25) is 5.91 Å².